The molecule has 0 aliphatic carbocycles. The summed E-state index contributed by atoms with van der Waals surface area (Å²) < 4.78 is 11.6. The second-order valence-corrected chi connectivity index (χ2v) is 6.05. The topological polar surface area (TPSA) is 49.6 Å². The van der Waals surface area contributed by atoms with Gasteiger partial charge in [0.15, 0.2) is 0 Å². The van der Waals surface area contributed by atoms with Crippen molar-refractivity contribution < 1.29 is 4.21 Å². The van der Waals surface area contributed by atoms with E-state index in [1.807, 2.05) is 6.92 Å². The van der Waals surface area contributed by atoms with E-state index in [1.165, 1.54) is 0 Å². The smallest absolute Gasteiger partial charge is 0.0384 e. The molecule has 4 nitrogen and oxygen atoms in total. The maximum absolute atomic E-state index is 11.6. The zero-order valence-electron chi connectivity index (χ0n) is 9.82. The molecule has 2 unspecified atom stereocenters. The average molecular weight is 233 g/mol. The molecule has 1 rings (SSSR count). The Morgan fingerprint density at radius 2 is 1.93 bits per heavy atom. The van der Waals surface area contributed by atoms with Gasteiger partial charge in [-0.1, -0.05) is 0 Å². The molecule has 90 valence electrons. The highest BCUT2D eigenvalue weighted by atomic mass is 32.2. The summed E-state index contributed by atoms with van der Waals surface area (Å²) in [6, 6.07) is 0.0540. The summed E-state index contributed by atoms with van der Waals surface area (Å²) in [6.45, 7) is 7.32. The van der Waals surface area contributed by atoms with Gasteiger partial charge in [0.2, 0.25) is 0 Å². The molecule has 15 heavy (non-hydrogen) atoms. The van der Waals surface area contributed by atoms with Gasteiger partial charge in [-0.15, -0.1) is 0 Å². The van der Waals surface area contributed by atoms with Crippen LogP contribution in [-0.2, 0) is 10.8 Å². The van der Waals surface area contributed by atoms with E-state index in [-0.39, 0.29) is 6.04 Å². The Kier molecular flexibility index (Phi) is 5.74. The van der Waals surface area contributed by atoms with E-state index in [0.29, 0.717) is 5.75 Å². The van der Waals surface area contributed by atoms with Crippen molar-refractivity contribution in [3.63, 3.8) is 0 Å². The van der Waals surface area contributed by atoms with E-state index in [4.69, 9.17) is 5.73 Å². The SMILES string of the molecule is CC(N)CS(=O)CCN1CCN(C)CC1. The van der Waals surface area contributed by atoms with Gasteiger partial charge in [-0.2, -0.15) is 0 Å². The highest BCUT2D eigenvalue weighted by molar-refractivity contribution is 7.85. The lowest BCUT2D eigenvalue weighted by molar-refractivity contribution is 0.161. The van der Waals surface area contributed by atoms with Crippen molar-refractivity contribution in [1.82, 2.24) is 9.80 Å². The molecule has 1 fully saturated rings. The van der Waals surface area contributed by atoms with Gasteiger partial charge in [0.25, 0.3) is 0 Å². The zero-order valence-corrected chi connectivity index (χ0v) is 10.6. The monoisotopic (exact) mass is 233 g/mol. The van der Waals surface area contributed by atoms with Crippen LogP contribution in [0.1, 0.15) is 6.92 Å². The molecule has 2 atom stereocenters. The Morgan fingerprint density at radius 3 is 2.47 bits per heavy atom. The largest absolute Gasteiger partial charge is 0.327 e. The van der Waals surface area contributed by atoms with Gasteiger partial charge in [-0.3, -0.25) is 9.11 Å². The van der Waals surface area contributed by atoms with Gasteiger partial charge in [-0.05, 0) is 14.0 Å². The van der Waals surface area contributed by atoms with Gasteiger partial charge in [-0.25, -0.2) is 0 Å². The summed E-state index contributed by atoms with van der Waals surface area (Å²) in [5.74, 6) is 1.40. The minimum absolute atomic E-state index is 0.0540. The normalized spacial score (nSPS) is 23.9. The summed E-state index contributed by atoms with van der Waals surface area (Å²) in [4.78, 5) is 4.72. The third-order valence-corrected chi connectivity index (χ3v) is 4.22. The first-order valence-electron chi connectivity index (χ1n) is 5.59. The van der Waals surface area contributed by atoms with Gasteiger partial charge < -0.3 is 10.6 Å². The molecule has 0 aromatic carbocycles. The van der Waals surface area contributed by atoms with E-state index < -0.39 is 10.8 Å². The molecule has 1 aliphatic heterocycles. The van der Waals surface area contributed by atoms with Crippen LogP contribution in [0, 0.1) is 0 Å². The predicted octanol–water partition coefficient (Wildman–Crippen LogP) is -0.670. The molecule has 5 heteroatoms. The second-order valence-electron chi connectivity index (χ2n) is 4.43. The van der Waals surface area contributed by atoms with Crippen LogP contribution in [0.3, 0.4) is 0 Å². The highest BCUT2D eigenvalue weighted by Gasteiger charge is 2.14. The molecular formula is C10H23N3OS. The summed E-state index contributed by atoms with van der Waals surface area (Å²) >= 11 is 0. The fourth-order valence-electron chi connectivity index (χ4n) is 1.68. The number of nitrogens with two attached hydrogens (primary N) is 1. The molecular weight excluding hydrogens is 210 g/mol. The third kappa shape index (κ3) is 5.61. The Balaban J connectivity index is 2.12. The lowest BCUT2D eigenvalue weighted by Crippen LogP contribution is -2.45. The lowest BCUT2D eigenvalue weighted by atomic mass is 10.3. The van der Waals surface area contributed by atoms with E-state index in [1.54, 1.807) is 0 Å². The molecule has 1 aliphatic rings. The number of rotatable bonds is 5. The first kappa shape index (κ1) is 13.1. The van der Waals surface area contributed by atoms with Crippen molar-refractivity contribution in [2.45, 2.75) is 13.0 Å². The van der Waals surface area contributed by atoms with Crippen molar-refractivity contribution in [2.24, 2.45) is 5.73 Å². The van der Waals surface area contributed by atoms with Crippen LogP contribution < -0.4 is 5.73 Å². The molecule has 0 saturated carbocycles. The van der Waals surface area contributed by atoms with Crippen molar-refractivity contribution in [1.29, 1.82) is 0 Å². The minimum atomic E-state index is -0.741. The Bertz CT molecular complexity index is 203. The van der Waals surface area contributed by atoms with Crippen LogP contribution in [0.15, 0.2) is 0 Å². The second kappa shape index (κ2) is 6.58. The van der Waals surface area contributed by atoms with E-state index in [2.05, 4.69) is 16.8 Å². The van der Waals surface area contributed by atoms with E-state index >= 15 is 0 Å². The maximum Gasteiger partial charge on any atom is 0.0384 e. The molecule has 0 bridgehead atoms. The van der Waals surface area contributed by atoms with Crippen LogP contribution in [-0.4, -0.2) is 71.3 Å². The number of piperazine rings is 1. The molecule has 0 spiro atoms. The van der Waals surface area contributed by atoms with Crippen LogP contribution in [0.25, 0.3) is 0 Å². The fourth-order valence-corrected chi connectivity index (χ4v) is 2.89. The lowest BCUT2D eigenvalue weighted by Gasteiger charge is -2.32. The predicted molar refractivity (Wildman–Crippen MR) is 65.5 cm³/mol. The van der Waals surface area contributed by atoms with Gasteiger partial charge in [0.05, 0.1) is 0 Å². The quantitative estimate of drug-likeness (QED) is 0.684. The van der Waals surface area contributed by atoms with Crippen molar-refractivity contribution >= 4 is 10.8 Å². The van der Waals surface area contributed by atoms with E-state index in [9.17, 15) is 4.21 Å². The Morgan fingerprint density at radius 1 is 1.33 bits per heavy atom. The van der Waals surface area contributed by atoms with Crippen LogP contribution in [0.2, 0.25) is 0 Å². The van der Waals surface area contributed by atoms with Crippen molar-refractivity contribution in [2.75, 3.05) is 51.3 Å². The standard InChI is InChI=1S/C10H23N3OS/c1-10(11)9-15(14)8-7-13-5-3-12(2)4-6-13/h10H,3-9,11H2,1-2H3. The number of likely N-dealkylation sites (N-methyl/N-ethyl adjacent to an activating group) is 1. The molecule has 0 amide bonds. The molecule has 2 N–H and O–H groups in total. The van der Waals surface area contributed by atoms with Gasteiger partial charge >= 0.3 is 0 Å². The first-order valence-corrected chi connectivity index (χ1v) is 7.08. The number of nitrogens with zero attached hydrogens (tertiary/aromatic N) is 2. The Hall–Kier alpha value is 0.0300. The summed E-state index contributed by atoms with van der Waals surface area (Å²) in [5, 5.41) is 0. The van der Waals surface area contributed by atoms with Crippen LogP contribution in [0.4, 0.5) is 0 Å². The van der Waals surface area contributed by atoms with E-state index in [0.717, 1.165) is 38.5 Å². The fraction of sp³-hybridized carbons (Fsp3) is 1.00. The molecule has 0 aromatic rings. The van der Waals surface area contributed by atoms with Crippen molar-refractivity contribution in [3.8, 4) is 0 Å². The summed E-state index contributed by atoms with van der Waals surface area (Å²) in [7, 11) is 1.40. The van der Waals surface area contributed by atoms with Crippen molar-refractivity contribution in [3.05, 3.63) is 0 Å². The Labute approximate surface area is 95.3 Å². The zero-order chi connectivity index (χ0) is 11.3. The highest BCUT2D eigenvalue weighted by Crippen LogP contribution is 1.99. The molecule has 0 radical (unpaired) electrons. The molecule has 0 aromatic heterocycles. The molecule has 1 heterocycles. The average Bonchev–Trinajstić information content (AvgIpc) is 2.16. The molecule has 1 saturated heterocycles. The summed E-state index contributed by atoms with van der Waals surface area (Å²) in [5.41, 5.74) is 5.61. The summed E-state index contributed by atoms with van der Waals surface area (Å²) in [6.07, 6.45) is 0. The first-order chi connectivity index (χ1) is 7.08. The minimum Gasteiger partial charge on any atom is -0.327 e. The maximum atomic E-state index is 11.6. The number of hydrogen-bond acceptors (Lipinski definition) is 4. The third-order valence-electron chi connectivity index (χ3n) is 2.68. The van der Waals surface area contributed by atoms with Crippen LogP contribution in [0.5, 0.6) is 0 Å². The number of hydrogen-bond donors (Lipinski definition) is 1. The van der Waals surface area contributed by atoms with Gasteiger partial charge in [0.1, 0.15) is 0 Å². The van der Waals surface area contributed by atoms with Crippen LogP contribution >= 0.6 is 0 Å². The van der Waals surface area contributed by atoms with Gasteiger partial charge in [0, 0.05) is 61.1 Å².